The summed E-state index contributed by atoms with van der Waals surface area (Å²) in [6, 6.07) is 0. The zero-order valence-corrected chi connectivity index (χ0v) is 37.3. The van der Waals surface area contributed by atoms with Gasteiger partial charge >= 0.3 is 0 Å². The summed E-state index contributed by atoms with van der Waals surface area (Å²) in [7, 11) is 0. The Labute approximate surface area is 369 Å². The minimum absolute atomic E-state index is 0.111. The van der Waals surface area contributed by atoms with Crippen LogP contribution in [0, 0.1) is 45.8 Å². The van der Waals surface area contributed by atoms with Crippen LogP contribution in [-0.4, -0.2) is 191 Å². The second-order valence-electron chi connectivity index (χ2n) is 21.3. The van der Waals surface area contributed by atoms with Gasteiger partial charge in [-0.15, -0.1) is 6.58 Å². The Hall–Kier alpha value is -0.980. The number of fused-ring (bicyclic) bond motifs is 5. The molecule has 3 saturated heterocycles. The lowest BCUT2D eigenvalue weighted by molar-refractivity contribution is -0.378. The first kappa shape index (κ1) is 49.9. The molecule has 0 amide bonds. The van der Waals surface area contributed by atoms with Crippen LogP contribution in [0.1, 0.15) is 92.4 Å². The first-order chi connectivity index (χ1) is 29.6. The van der Waals surface area contributed by atoms with Crippen LogP contribution >= 0.6 is 0 Å². The Morgan fingerprint density at radius 2 is 1.16 bits per heavy atom. The molecule has 18 nitrogen and oxygen atoms in total. The summed E-state index contributed by atoms with van der Waals surface area (Å²) >= 11 is 0. The van der Waals surface area contributed by atoms with Crippen LogP contribution in [0.15, 0.2) is 12.7 Å². The summed E-state index contributed by atoms with van der Waals surface area (Å²) < 4.78 is 36.9. The summed E-state index contributed by atoms with van der Waals surface area (Å²) in [5.41, 5.74) is -1.93. The number of hydrogen-bond donors (Lipinski definition) is 12. The lowest BCUT2D eigenvalue weighted by Crippen LogP contribution is -2.66. The molecule has 0 aromatic carbocycles. The number of rotatable bonds is 13. The third-order valence-corrected chi connectivity index (χ3v) is 17.6. The van der Waals surface area contributed by atoms with Gasteiger partial charge in [-0.25, -0.2) is 0 Å². The number of aliphatic hydroxyl groups excluding tert-OH is 12. The van der Waals surface area contributed by atoms with Crippen molar-refractivity contribution in [2.24, 2.45) is 45.8 Å². The standard InChI is InChI=1S/C45H76O18/c1-7-8-13-45(6,63-40-37(57)34(54)31(51)25(18-47)59-40)21-11-14-44(5)20-9-10-27-42(2,3)28(12-15-43(27,4)22(20)16-23(49)29(21)44)61-41-38(35(55)32(52)26(19-48)60-41)62-39-36(56)33(53)30(50)24(17-46)58-39/h7,20-41,46-57H,1,8-19H2,2-6H3/t20?,21?,22?,23?,24?,25?,26?,27?,28?,29?,30?,31?,32?,33?,34?,35?,36?,37?,38?,39?,40?,41?,43-,44+,45+/m1/s1. The molecule has 0 bridgehead atoms. The highest BCUT2D eigenvalue weighted by Crippen LogP contribution is 2.71. The van der Waals surface area contributed by atoms with Crippen molar-refractivity contribution in [3.8, 4) is 0 Å². The van der Waals surface area contributed by atoms with Gasteiger partial charge in [0.1, 0.15) is 73.2 Å². The molecule has 7 aliphatic rings. The van der Waals surface area contributed by atoms with Gasteiger partial charge in [0.25, 0.3) is 0 Å². The van der Waals surface area contributed by atoms with Gasteiger partial charge in [-0.2, -0.15) is 0 Å². The fraction of sp³-hybridized carbons (Fsp3) is 0.956. The quantitative estimate of drug-likeness (QED) is 0.0764. The normalized spacial score (nSPS) is 53.2. The van der Waals surface area contributed by atoms with E-state index in [2.05, 4.69) is 34.3 Å². The van der Waals surface area contributed by atoms with E-state index in [9.17, 15) is 61.3 Å². The fourth-order valence-electron chi connectivity index (χ4n) is 14.1. The molecular weight excluding hydrogens is 828 g/mol. The van der Waals surface area contributed by atoms with Crippen LogP contribution in [0.3, 0.4) is 0 Å². The van der Waals surface area contributed by atoms with Crippen LogP contribution in [0.5, 0.6) is 0 Å². The van der Waals surface area contributed by atoms with E-state index in [-0.39, 0.29) is 40.4 Å². The average Bonchev–Trinajstić information content (AvgIpc) is 3.63. The van der Waals surface area contributed by atoms with Crippen molar-refractivity contribution < 1.29 is 89.7 Å². The number of allylic oxidation sites excluding steroid dienone is 1. The zero-order chi connectivity index (χ0) is 46.1. The average molecular weight is 905 g/mol. The van der Waals surface area contributed by atoms with Crippen molar-refractivity contribution in [3.05, 3.63) is 12.7 Å². The van der Waals surface area contributed by atoms with Gasteiger partial charge in [0.15, 0.2) is 18.9 Å². The van der Waals surface area contributed by atoms with Crippen LogP contribution in [-0.2, 0) is 28.4 Å². The largest absolute Gasteiger partial charge is 0.394 e. The van der Waals surface area contributed by atoms with Crippen molar-refractivity contribution in [3.63, 3.8) is 0 Å². The van der Waals surface area contributed by atoms with E-state index in [1.165, 1.54) is 0 Å². The minimum atomic E-state index is -1.79. The Morgan fingerprint density at radius 3 is 1.75 bits per heavy atom. The molecule has 4 aliphatic carbocycles. The molecular formula is C45H76O18. The van der Waals surface area contributed by atoms with E-state index in [1.807, 2.05) is 6.92 Å². The zero-order valence-electron chi connectivity index (χ0n) is 37.3. The smallest absolute Gasteiger partial charge is 0.187 e. The molecule has 63 heavy (non-hydrogen) atoms. The third-order valence-electron chi connectivity index (χ3n) is 17.6. The van der Waals surface area contributed by atoms with Crippen LogP contribution in [0.2, 0.25) is 0 Å². The number of ether oxygens (including phenoxy) is 6. The van der Waals surface area contributed by atoms with E-state index in [1.54, 1.807) is 6.08 Å². The lowest BCUT2D eigenvalue weighted by atomic mass is 9.39. The van der Waals surface area contributed by atoms with Gasteiger partial charge in [0, 0.05) is 0 Å². The van der Waals surface area contributed by atoms with E-state index < -0.39 is 135 Å². The summed E-state index contributed by atoms with van der Waals surface area (Å²) in [6.07, 6.45) is -15.7. The van der Waals surface area contributed by atoms with Crippen molar-refractivity contribution in [2.75, 3.05) is 19.8 Å². The van der Waals surface area contributed by atoms with E-state index in [0.717, 1.165) is 32.1 Å². The molecule has 18 heteroatoms. The second kappa shape index (κ2) is 18.8. The van der Waals surface area contributed by atoms with Gasteiger partial charge in [-0.3, -0.25) is 0 Å². The van der Waals surface area contributed by atoms with Gasteiger partial charge in [-0.1, -0.05) is 33.8 Å². The number of aliphatic hydroxyl groups is 12. The summed E-state index contributed by atoms with van der Waals surface area (Å²) in [6.45, 7) is 12.9. The van der Waals surface area contributed by atoms with E-state index in [0.29, 0.717) is 25.7 Å². The molecule has 12 N–H and O–H groups in total. The first-order valence-corrected chi connectivity index (χ1v) is 23.1. The van der Waals surface area contributed by atoms with Crippen molar-refractivity contribution in [1.29, 1.82) is 0 Å². The molecule has 7 fully saturated rings. The Morgan fingerprint density at radius 1 is 0.619 bits per heavy atom. The van der Waals surface area contributed by atoms with Gasteiger partial charge in [-0.05, 0) is 111 Å². The maximum atomic E-state index is 12.4. The molecule has 0 spiro atoms. The SMILES string of the molecule is C=CCC[C@](C)(OC1OC(CO)C(O)C(O)C1O)C1CC[C@@]2(C)C3CCC4C(C)(C)C(OC5OC(CO)C(O)C(O)C5OC5OC(CO)C(O)C(O)C5O)CC[C@]4(C)C3CC(O)C12. The second-order valence-corrected chi connectivity index (χ2v) is 21.3. The highest BCUT2D eigenvalue weighted by Gasteiger charge is 2.68. The van der Waals surface area contributed by atoms with Gasteiger partial charge in [0.2, 0.25) is 0 Å². The van der Waals surface area contributed by atoms with Crippen LogP contribution < -0.4 is 0 Å². The van der Waals surface area contributed by atoms with Gasteiger partial charge in [0.05, 0.1) is 37.6 Å². The molecule has 4 saturated carbocycles. The Kier molecular flexibility index (Phi) is 14.9. The molecule has 0 aromatic rings. The maximum Gasteiger partial charge on any atom is 0.187 e. The topological polar surface area (TPSA) is 298 Å². The Balaban J connectivity index is 1.10. The predicted molar refractivity (Wildman–Crippen MR) is 220 cm³/mol. The van der Waals surface area contributed by atoms with Crippen molar-refractivity contribution in [2.45, 2.75) is 202 Å². The predicted octanol–water partition coefficient (Wildman–Crippen LogP) is -1.20. The van der Waals surface area contributed by atoms with Crippen molar-refractivity contribution >= 4 is 0 Å². The third kappa shape index (κ3) is 8.51. The summed E-state index contributed by atoms with van der Waals surface area (Å²) in [4.78, 5) is 0. The van der Waals surface area contributed by atoms with Crippen LogP contribution in [0.4, 0.5) is 0 Å². The highest BCUT2D eigenvalue weighted by atomic mass is 16.8. The molecule has 25 atom stereocenters. The molecule has 7 rings (SSSR count). The monoisotopic (exact) mass is 905 g/mol. The van der Waals surface area contributed by atoms with Crippen molar-refractivity contribution in [1.82, 2.24) is 0 Å². The minimum Gasteiger partial charge on any atom is -0.394 e. The van der Waals surface area contributed by atoms with Gasteiger partial charge < -0.3 is 89.7 Å². The summed E-state index contributed by atoms with van der Waals surface area (Å²) in [5, 5.41) is 128. The fourth-order valence-corrected chi connectivity index (χ4v) is 14.1. The molecule has 3 heterocycles. The van der Waals surface area contributed by atoms with E-state index in [4.69, 9.17) is 28.4 Å². The molecule has 22 unspecified atom stereocenters. The molecule has 0 aromatic heterocycles. The highest BCUT2D eigenvalue weighted by molar-refractivity contribution is 5.16. The van der Waals surface area contributed by atoms with E-state index >= 15 is 0 Å². The lowest BCUT2D eigenvalue weighted by Gasteiger charge is -2.66. The molecule has 0 radical (unpaired) electrons. The van der Waals surface area contributed by atoms with Crippen LogP contribution in [0.25, 0.3) is 0 Å². The summed E-state index contributed by atoms with van der Waals surface area (Å²) in [5.74, 6) is 0.223. The molecule has 364 valence electrons. The Bertz CT molecular complexity index is 1550. The number of hydrogen-bond acceptors (Lipinski definition) is 18. The molecule has 3 aliphatic heterocycles. The first-order valence-electron chi connectivity index (χ1n) is 23.1. The maximum absolute atomic E-state index is 12.4.